The Morgan fingerprint density at radius 2 is 0.944 bits per heavy atom. The van der Waals surface area contributed by atoms with Gasteiger partial charge in [-0.25, -0.2) is 0 Å². The Balaban J connectivity index is 4.52. The van der Waals surface area contributed by atoms with Crippen molar-refractivity contribution in [2.45, 2.75) is 38.8 Å². The van der Waals surface area contributed by atoms with Gasteiger partial charge in [-0.2, -0.15) is 0 Å². The van der Waals surface area contributed by atoms with Crippen LogP contribution < -0.4 is 22.1 Å². The summed E-state index contributed by atoms with van der Waals surface area (Å²) in [6.07, 6.45) is 0. The molecule has 0 radical (unpaired) electrons. The number of hydrogen-bond donors (Lipinski definition) is 4. The minimum absolute atomic E-state index is 0.831. The van der Waals surface area contributed by atoms with Gasteiger partial charge in [-0.15, -0.1) is 0 Å². The number of hydrogen-bond acceptors (Lipinski definition) is 6. The molecule has 0 aliphatic heterocycles. The number of rotatable bonds is 2. The normalized spacial score (nSPS) is 11.7. The lowest BCUT2D eigenvalue weighted by Gasteiger charge is -2.18. The fourth-order valence-corrected chi connectivity index (χ4v) is 0.642. The van der Waals surface area contributed by atoms with Crippen LogP contribution in [0.1, 0.15) is 27.7 Å². The first kappa shape index (κ1) is 16.2. The van der Waals surface area contributed by atoms with E-state index in [-0.39, 0.29) is 0 Å². The van der Waals surface area contributed by atoms with Crippen molar-refractivity contribution in [3.63, 3.8) is 0 Å². The van der Waals surface area contributed by atoms with E-state index in [1.165, 1.54) is 27.7 Å². The molecule has 0 saturated carbocycles. The van der Waals surface area contributed by atoms with Crippen molar-refractivity contribution in [1.29, 1.82) is 0 Å². The lowest BCUT2D eigenvalue weighted by molar-refractivity contribution is -0.145. The molecule has 0 fully saturated rings. The van der Waals surface area contributed by atoms with Gasteiger partial charge < -0.3 is 11.5 Å². The van der Waals surface area contributed by atoms with Gasteiger partial charge in [0.25, 0.3) is 0 Å². The molecule has 0 atom stereocenters. The van der Waals surface area contributed by atoms with Crippen LogP contribution in [-0.2, 0) is 19.2 Å². The van der Waals surface area contributed by atoms with Crippen LogP contribution in [0.4, 0.5) is 0 Å². The van der Waals surface area contributed by atoms with Crippen molar-refractivity contribution in [3.05, 3.63) is 0 Å². The molecular weight excluding hydrogens is 240 g/mol. The van der Waals surface area contributed by atoms with Gasteiger partial charge in [-0.1, -0.05) is 0 Å². The fourth-order valence-electron chi connectivity index (χ4n) is 0.642. The van der Waals surface area contributed by atoms with Crippen molar-refractivity contribution < 1.29 is 19.2 Å². The highest BCUT2D eigenvalue weighted by atomic mass is 16.2. The van der Waals surface area contributed by atoms with Crippen LogP contribution in [0.5, 0.6) is 0 Å². The molecule has 0 heterocycles. The van der Waals surface area contributed by atoms with E-state index in [2.05, 4.69) is 0 Å². The predicted molar refractivity (Wildman–Crippen MR) is 62.8 cm³/mol. The fraction of sp³-hybridized carbons (Fsp3) is 0.600. The zero-order valence-electron chi connectivity index (χ0n) is 10.8. The first-order valence-electron chi connectivity index (χ1n) is 5.14. The standard InChI is InChI=1S/C10H18N4O4/c1-9(2,11)7(17)13-5(15)6(16)14-8(18)10(3,4)12/h11-12H2,1-4H3,(H,13,15,17)(H,14,16,18). The van der Waals surface area contributed by atoms with Crippen molar-refractivity contribution >= 4 is 23.6 Å². The Bertz CT molecular complexity index is 352. The molecule has 0 spiro atoms. The summed E-state index contributed by atoms with van der Waals surface area (Å²) in [6, 6.07) is 0. The first-order valence-corrected chi connectivity index (χ1v) is 5.14. The minimum atomic E-state index is -1.31. The second-order valence-corrected chi connectivity index (χ2v) is 5.01. The summed E-state index contributed by atoms with van der Waals surface area (Å²) in [5.74, 6) is -4.20. The van der Waals surface area contributed by atoms with Crippen molar-refractivity contribution in [3.8, 4) is 0 Å². The summed E-state index contributed by atoms with van der Waals surface area (Å²) in [7, 11) is 0. The Morgan fingerprint density at radius 3 is 1.11 bits per heavy atom. The maximum Gasteiger partial charge on any atom is 0.316 e. The number of nitrogens with two attached hydrogens (primary N) is 2. The zero-order valence-corrected chi connectivity index (χ0v) is 10.8. The molecule has 0 aromatic carbocycles. The molecule has 0 aliphatic carbocycles. The molecule has 0 aromatic rings. The number of amides is 4. The molecule has 0 unspecified atom stereocenters. The molecule has 0 aliphatic rings. The first-order chi connectivity index (χ1) is 7.85. The smallest absolute Gasteiger partial charge is 0.316 e. The third-order valence-corrected chi connectivity index (χ3v) is 1.83. The third kappa shape index (κ3) is 5.02. The topological polar surface area (TPSA) is 144 Å². The van der Waals surface area contributed by atoms with Crippen LogP contribution in [0.15, 0.2) is 0 Å². The quantitative estimate of drug-likeness (QED) is 0.412. The predicted octanol–water partition coefficient (Wildman–Crippen LogP) is -2.25. The maximum atomic E-state index is 11.3. The van der Waals surface area contributed by atoms with Gasteiger partial charge in [0.05, 0.1) is 11.1 Å². The molecule has 0 aromatic heterocycles. The average Bonchev–Trinajstić information content (AvgIpc) is 2.14. The Morgan fingerprint density at radius 1 is 0.722 bits per heavy atom. The summed E-state index contributed by atoms with van der Waals surface area (Å²) < 4.78 is 0. The minimum Gasteiger partial charge on any atom is -0.318 e. The second kappa shape index (κ2) is 5.23. The highest BCUT2D eigenvalue weighted by molar-refractivity contribution is 6.40. The number of carbonyl (C=O) groups excluding carboxylic acids is 4. The summed E-state index contributed by atoms with van der Waals surface area (Å²) in [5.41, 5.74) is 8.21. The molecule has 4 amide bonds. The Kier molecular flexibility index (Phi) is 4.71. The Hall–Kier alpha value is -1.80. The van der Waals surface area contributed by atoms with Crippen LogP contribution in [0.3, 0.4) is 0 Å². The van der Waals surface area contributed by atoms with Crippen LogP contribution in [0.2, 0.25) is 0 Å². The van der Waals surface area contributed by atoms with E-state index in [4.69, 9.17) is 11.5 Å². The summed E-state index contributed by atoms with van der Waals surface area (Å²) in [4.78, 5) is 45.2. The monoisotopic (exact) mass is 258 g/mol. The molecular formula is C10H18N4O4. The van der Waals surface area contributed by atoms with E-state index in [1.807, 2.05) is 0 Å². The van der Waals surface area contributed by atoms with Crippen molar-refractivity contribution in [2.24, 2.45) is 11.5 Å². The molecule has 8 heteroatoms. The summed E-state index contributed by atoms with van der Waals surface area (Å²) in [5, 5.41) is 3.54. The van der Waals surface area contributed by atoms with Gasteiger partial charge in [-0.3, -0.25) is 29.8 Å². The maximum absolute atomic E-state index is 11.3. The SMILES string of the molecule is CC(C)(N)C(=O)NC(=O)C(=O)NC(=O)C(C)(C)N. The van der Waals surface area contributed by atoms with Gasteiger partial charge in [0.15, 0.2) is 0 Å². The van der Waals surface area contributed by atoms with Gasteiger partial charge in [0, 0.05) is 0 Å². The lowest BCUT2D eigenvalue weighted by atomic mass is 10.1. The molecule has 6 N–H and O–H groups in total. The van der Waals surface area contributed by atoms with Gasteiger partial charge in [0.1, 0.15) is 0 Å². The van der Waals surface area contributed by atoms with Gasteiger partial charge >= 0.3 is 11.8 Å². The number of nitrogens with one attached hydrogen (secondary N) is 2. The molecule has 0 rings (SSSR count). The van der Waals surface area contributed by atoms with E-state index in [1.54, 1.807) is 10.6 Å². The molecule has 18 heavy (non-hydrogen) atoms. The van der Waals surface area contributed by atoms with Gasteiger partial charge in [-0.05, 0) is 27.7 Å². The molecule has 0 bridgehead atoms. The average molecular weight is 258 g/mol. The van der Waals surface area contributed by atoms with E-state index < -0.39 is 34.7 Å². The van der Waals surface area contributed by atoms with Crippen LogP contribution in [-0.4, -0.2) is 34.7 Å². The summed E-state index contributed by atoms with van der Waals surface area (Å²) in [6.45, 7) is 5.45. The lowest BCUT2D eigenvalue weighted by Crippen LogP contribution is -2.57. The van der Waals surface area contributed by atoms with Gasteiger partial charge in [0.2, 0.25) is 11.8 Å². The highest BCUT2D eigenvalue weighted by Gasteiger charge is 2.29. The highest BCUT2D eigenvalue weighted by Crippen LogP contribution is 1.97. The van der Waals surface area contributed by atoms with Crippen LogP contribution in [0.25, 0.3) is 0 Å². The number of imide groups is 2. The van der Waals surface area contributed by atoms with E-state index in [0.29, 0.717) is 0 Å². The second-order valence-electron chi connectivity index (χ2n) is 5.01. The van der Waals surface area contributed by atoms with Crippen LogP contribution in [0, 0.1) is 0 Å². The summed E-state index contributed by atoms with van der Waals surface area (Å²) >= 11 is 0. The molecule has 0 saturated heterocycles. The molecule has 8 nitrogen and oxygen atoms in total. The third-order valence-electron chi connectivity index (χ3n) is 1.83. The van der Waals surface area contributed by atoms with E-state index >= 15 is 0 Å². The Labute approximate surface area is 104 Å². The van der Waals surface area contributed by atoms with Crippen LogP contribution >= 0.6 is 0 Å². The van der Waals surface area contributed by atoms with Crippen molar-refractivity contribution in [1.82, 2.24) is 10.6 Å². The largest absolute Gasteiger partial charge is 0.318 e. The van der Waals surface area contributed by atoms with E-state index in [9.17, 15) is 19.2 Å². The zero-order chi connectivity index (χ0) is 14.7. The number of carbonyl (C=O) groups is 4. The van der Waals surface area contributed by atoms with E-state index in [0.717, 1.165) is 0 Å². The molecule has 102 valence electrons. The van der Waals surface area contributed by atoms with Crippen molar-refractivity contribution in [2.75, 3.05) is 0 Å².